The number of hydrogen-bond donors (Lipinski definition) is 1. The minimum atomic E-state index is -0.532. The van der Waals surface area contributed by atoms with Gasteiger partial charge in [-0.2, -0.15) is 5.26 Å². The molecule has 0 fully saturated rings. The molecule has 1 aromatic carbocycles. The van der Waals surface area contributed by atoms with Crippen molar-refractivity contribution < 1.29 is 9.66 Å². The molecule has 0 bridgehead atoms. The average molecular weight is 249 g/mol. The second-order valence-electron chi connectivity index (χ2n) is 3.70. The van der Waals surface area contributed by atoms with Crippen molar-refractivity contribution in [1.29, 1.82) is 5.26 Å². The van der Waals surface area contributed by atoms with E-state index in [1.807, 2.05) is 6.07 Å². The first-order valence-corrected chi connectivity index (χ1v) is 5.61. The molecular formula is C12H15N3O3. The third-order valence-electron chi connectivity index (χ3n) is 2.43. The van der Waals surface area contributed by atoms with Crippen LogP contribution in [-0.4, -0.2) is 25.2 Å². The summed E-state index contributed by atoms with van der Waals surface area (Å²) >= 11 is 0. The Kier molecular flexibility index (Phi) is 5.61. The number of methoxy groups -OCH3 is 1. The second kappa shape index (κ2) is 7.25. The maximum absolute atomic E-state index is 10.9. The van der Waals surface area contributed by atoms with E-state index in [0.29, 0.717) is 18.8 Å². The summed E-state index contributed by atoms with van der Waals surface area (Å²) in [7, 11) is 1.63. The van der Waals surface area contributed by atoms with Crippen LogP contribution in [0.1, 0.15) is 18.4 Å². The van der Waals surface area contributed by atoms with Gasteiger partial charge in [0.1, 0.15) is 17.3 Å². The lowest BCUT2D eigenvalue weighted by Gasteiger charge is -2.07. The van der Waals surface area contributed by atoms with Crippen molar-refractivity contribution in [3.63, 3.8) is 0 Å². The van der Waals surface area contributed by atoms with Crippen LogP contribution in [0.3, 0.4) is 0 Å². The number of unbranched alkanes of at least 4 members (excludes halogenated alkanes) is 1. The van der Waals surface area contributed by atoms with Crippen LogP contribution in [0, 0.1) is 21.4 Å². The van der Waals surface area contributed by atoms with Crippen LogP contribution < -0.4 is 5.32 Å². The van der Waals surface area contributed by atoms with Gasteiger partial charge in [0.15, 0.2) is 0 Å². The number of rotatable bonds is 7. The van der Waals surface area contributed by atoms with Gasteiger partial charge in [-0.15, -0.1) is 0 Å². The van der Waals surface area contributed by atoms with Crippen molar-refractivity contribution in [3.8, 4) is 6.07 Å². The molecule has 6 heteroatoms. The summed E-state index contributed by atoms with van der Waals surface area (Å²) < 4.78 is 4.91. The lowest BCUT2D eigenvalue weighted by molar-refractivity contribution is -0.384. The van der Waals surface area contributed by atoms with Gasteiger partial charge in [0.2, 0.25) is 0 Å². The van der Waals surface area contributed by atoms with E-state index in [2.05, 4.69) is 5.32 Å². The third-order valence-corrected chi connectivity index (χ3v) is 2.43. The first-order valence-electron chi connectivity index (χ1n) is 5.61. The normalized spacial score (nSPS) is 9.78. The third kappa shape index (κ3) is 3.71. The maximum atomic E-state index is 10.9. The molecule has 0 aliphatic heterocycles. The lowest BCUT2D eigenvalue weighted by atomic mass is 10.1. The highest BCUT2D eigenvalue weighted by Gasteiger charge is 2.18. The number of nitriles is 1. The van der Waals surface area contributed by atoms with Gasteiger partial charge in [-0.3, -0.25) is 10.1 Å². The van der Waals surface area contributed by atoms with Crippen LogP contribution in [0.15, 0.2) is 18.2 Å². The molecule has 96 valence electrons. The quantitative estimate of drug-likeness (QED) is 0.455. The molecule has 0 saturated carbocycles. The van der Waals surface area contributed by atoms with Crippen molar-refractivity contribution in [1.82, 2.24) is 0 Å². The lowest BCUT2D eigenvalue weighted by Crippen LogP contribution is -2.06. The fourth-order valence-electron chi connectivity index (χ4n) is 1.57. The number of nitrogens with zero attached hydrogens (tertiary/aromatic N) is 2. The Balaban J connectivity index is 2.71. The Morgan fingerprint density at radius 3 is 2.89 bits per heavy atom. The zero-order valence-electron chi connectivity index (χ0n) is 10.2. The van der Waals surface area contributed by atoms with E-state index >= 15 is 0 Å². The molecule has 0 amide bonds. The molecule has 6 nitrogen and oxygen atoms in total. The van der Waals surface area contributed by atoms with Crippen molar-refractivity contribution >= 4 is 11.4 Å². The van der Waals surface area contributed by atoms with Crippen molar-refractivity contribution in [2.75, 3.05) is 25.6 Å². The van der Waals surface area contributed by atoms with Crippen molar-refractivity contribution in [2.45, 2.75) is 12.8 Å². The summed E-state index contributed by atoms with van der Waals surface area (Å²) in [5.41, 5.74) is 0.296. The predicted octanol–water partition coefficient (Wildman–Crippen LogP) is 2.30. The van der Waals surface area contributed by atoms with Gasteiger partial charge in [0.05, 0.1) is 4.92 Å². The van der Waals surface area contributed by atoms with E-state index in [0.717, 1.165) is 12.8 Å². The van der Waals surface area contributed by atoms with Crippen LogP contribution in [0.4, 0.5) is 11.4 Å². The zero-order valence-corrected chi connectivity index (χ0v) is 10.2. The Labute approximate surface area is 105 Å². The fraction of sp³-hybridized carbons (Fsp3) is 0.417. The number of ether oxygens (including phenoxy) is 1. The van der Waals surface area contributed by atoms with Gasteiger partial charge in [-0.05, 0) is 25.0 Å². The van der Waals surface area contributed by atoms with Crippen LogP contribution in [0.2, 0.25) is 0 Å². The predicted molar refractivity (Wildman–Crippen MR) is 67.4 cm³/mol. The number of hydrogen-bond acceptors (Lipinski definition) is 5. The largest absolute Gasteiger partial charge is 0.385 e. The summed E-state index contributed by atoms with van der Waals surface area (Å²) in [6.07, 6.45) is 1.73. The summed E-state index contributed by atoms with van der Waals surface area (Å²) in [6.45, 7) is 1.28. The Bertz CT molecular complexity index is 454. The number of para-hydroxylation sites is 1. The highest BCUT2D eigenvalue weighted by Crippen LogP contribution is 2.27. The number of anilines is 1. The van der Waals surface area contributed by atoms with E-state index in [1.54, 1.807) is 19.2 Å². The molecule has 0 unspecified atom stereocenters. The number of benzene rings is 1. The van der Waals surface area contributed by atoms with Crippen molar-refractivity contribution in [3.05, 3.63) is 33.9 Å². The minimum absolute atomic E-state index is 0.0712. The summed E-state index contributed by atoms with van der Waals surface area (Å²) in [5, 5.41) is 22.7. The van der Waals surface area contributed by atoms with Gasteiger partial charge in [-0.25, -0.2) is 0 Å². The van der Waals surface area contributed by atoms with E-state index in [-0.39, 0.29) is 11.3 Å². The molecule has 0 atom stereocenters. The number of nitro groups is 1. The van der Waals surface area contributed by atoms with E-state index in [1.165, 1.54) is 6.07 Å². The van der Waals surface area contributed by atoms with Crippen LogP contribution in [-0.2, 0) is 4.74 Å². The molecule has 1 aromatic rings. The molecule has 0 aliphatic rings. The van der Waals surface area contributed by atoms with Crippen LogP contribution in [0.25, 0.3) is 0 Å². The fourth-order valence-corrected chi connectivity index (χ4v) is 1.57. The molecule has 0 heterocycles. The monoisotopic (exact) mass is 249 g/mol. The van der Waals surface area contributed by atoms with Crippen LogP contribution >= 0.6 is 0 Å². The number of nitro benzene ring substituents is 1. The smallest absolute Gasteiger partial charge is 0.309 e. The van der Waals surface area contributed by atoms with Gasteiger partial charge in [0, 0.05) is 20.3 Å². The first kappa shape index (κ1) is 13.9. The zero-order chi connectivity index (χ0) is 13.4. The maximum Gasteiger partial charge on any atom is 0.309 e. The molecule has 0 radical (unpaired) electrons. The van der Waals surface area contributed by atoms with Gasteiger partial charge < -0.3 is 10.1 Å². The standard InChI is InChI=1S/C12H15N3O3/c1-18-8-3-2-7-14-11-6-4-5-10(9-13)12(11)15(16)17/h4-6,14H,2-3,7-8H2,1H3. The summed E-state index contributed by atoms with van der Waals surface area (Å²) in [5.74, 6) is 0. The Hall–Kier alpha value is -2.13. The number of nitrogens with one attached hydrogen (secondary N) is 1. The molecule has 1 N–H and O–H groups in total. The van der Waals surface area contributed by atoms with E-state index in [9.17, 15) is 10.1 Å². The van der Waals surface area contributed by atoms with E-state index in [4.69, 9.17) is 10.00 Å². The molecular weight excluding hydrogens is 234 g/mol. The second-order valence-corrected chi connectivity index (χ2v) is 3.70. The average Bonchev–Trinajstić information content (AvgIpc) is 2.37. The topological polar surface area (TPSA) is 88.2 Å². The SMILES string of the molecule is COCCCCNc1cccc(C#N)c1[N+](=O)[O-]. The van der Waals surface area contributed by atoms with Crippen LogP contribution in [0.5, 0.6) is 0 Å². The molecule has 0 aromatic heterocycles. The Morgan fingerprint density at radius 2 is 2.28 bits per heavy atom. The summed E-state index contributed by atoms with van der Waals surface area (Å²) in [4.78, 5) is 10.4. The Morgan fingerprint density at radius 1 is 1.50 bits per heavy atom. The summed E-state index contributed by atoms with van der Waals surface area (Å²) in [6, 6.07) is 6.50. The van der Waals surface area contributed by atoms with E-state index < -0.39 is 4.92 Å². The molecule has 18 heavy (non-hydrogen) atoms. The van der Waals surface area contributed by atoms with Gasteiger partial charge in [-0.1, -0.05) is 6.07 Å². The highest BCUT2D eigenvalue weighted by atomic mass is 16.6. The first-order chi connectivity index (χ1) is 8.70. The van der Waals surface area contributed by atoms with Gasteiger partial charge in [0.25, 0.3) is 0 Å². The molecule has 0 spiro atoms. The highest BCUT2D eigenvalue weighted by molar-refractivity contribution is 5.68. The molecule has 1 rings (SSSR count). The molecule has 0 aliphatic carbocycles. The van der Waals surface area contributed by atoms with Crippen molar-refractivity contribution in [2.24, 2.45) is 0 Å². The van der Waals surface area contributed by atoms with Gasteiger partial charge >= 0.3 is 5.69 Å². The minimum Gasteiger partial charge on any atom is -0.385 e. The molecule has 0 saturated heterocycles.